The van der Waals surface area contributed by atoms with Crippen LogP contribution in [0.3, 0.4) is 0 Å². The Morgan fingerprint density at radius 3 is 2.76 bits per heavy atom. The Kier molecular flexibility index (Phi) is 5.36. The molecule has 0 unspecified atom stereocenters. The minimum atomic E-state index is 0.494. The molecule has 0 aliphatic heterocycles. The van der Waals surface area contributed by atoms with E-state index in [2.05, 4.69) is 34.6 Å². The van der Waals surface area contributed by atoms with E-state index in [-0.39, 0.29) is 0 Å². The molecule has 0 aliphatic carbocycles. The maximum Gasteiger partial charge on any atom is 0.163 e. The normalized spacial score (nSPS) is 11.3. The van der Waals surface area contributed by atoms with E-state index in [4.69, 9.17) is 4.74 Å². The number of nitrogens with zero attached hydrogens (tertiary/aromatic N) is 3. The topological polar surface area (TPSA) is 52.0 Å². The van der Waals surface area contributed by atoms with Crippen molar-refractivity contribution in [3.05, 3.63) is 27.5 Å². The molecule has 0 aliphatic rings. The Morgan fingerprint density at radius 1 is 1.38 bits per heavy atom. The van der Waals surface area contributed by atoms with Crippen LogP contribution in [0.2, 0.25) is 0 Å². The van der Waals surface area contributed by atoms with Crippen LogP contribution in [-0.2, 0) is 20.2 Å². The van der Waals surface area contributed by atoms with E-state index in [1.807, 2.05) is 25.6 Å². The molecule has 0 amide bonds. The standard InChI is InChI=1S/C15H24N4OS/c1-10(2)6-16-7-14-17-13(9-21-14)8-20-15-11(3)18-19(5)12(15)4/h9-10,16H,6-8H2,1-5H3. The van der Waals surface area contributed by atoms with Crippen LogP contribution in [0.4, 0.5) is 0 Å². The molecule has 0 bridgehead atoms. The first-order chi connectivity index (χ1) is 9.97. The van der Waals surface area contributed by atoms with Gasteiger partial charge in [0.25, 0.3) is 0 Å². The average molecular weight is 308 g/mol. The molecule has 0 aromatic carbocycles. The number of aromatic nitrogens is 3. The van der Waals surface area contributed by atoms with Crippen molar-refractivity contribution in [1.29, 1.82) is 0 Å². The van der Waals surface area contributed by atoms with E-state index >= 15 is 0 Å². The molecule has 0 saturated heterocycles. The zero-order valence-corrected chi connectivity index (χ0v) is 14.3. The van der Waals surface area contributed by atoms with E-state index < -0.39 is 0 Å². The molecular formula is C15H24N4OS. The molecule has 6 heteroatoms. The molecule has 0 atom stereocenters. The van der Waals surface area contributed by atoms with Crippen LogP contribution in [-0.4, -0.2) is 21.3 Å². The van der Waals surface area contributed by atoms with Crippen molar-refractivity contribution in [3.8, 4) is 5.75 Å². The third kappa shape index (κ3) is 4.28. The smallest absolute Gasteiger partial charge is 0.163 e. The maximum absolute atomic E-state index is 5.87. The first-order valence-corrected chi connectivity index (χ1v) is 8.12. The predicted octanol–water partition coefficient (Wildman–Crippen LogP) is 2.82. The second-order valence-corrected chi connectivity index (χ2v) is 6.61. The fourth-order valence-corrected chi connectivity index (χ4v) is 2.82. The maximum atomic E-state index is 5.87. The summed E-state index contributed by atoms with van der Waals surface area (Å²) >= 11 is 1.68. The number of hydrogen-bond acceptors (Lipinski definition) is 5. The third-order valence-corrected chi connectivity index (χ3v) is 4.13. The van der Waals surface area contributed by atoms with E-state index in [0.717, 1.165) is 40.9 Å². The van der Waals surface area contributed by atoms with Gasteiger partial charge in [-0.2, -0.15) is 5.10 Å². The number of thiazole rings is 1. The van der Waals surface area contributed by atoms with E-state index in [1.54, 1.807) is 11.3 Å². The summed E-state index contributed by atoms with van der Waals surface area (Å²) in [7, 11) is 1.93. The number of hydrogen-bond donors (Lipinski definition) is 1. The van der Waals surface area contributed by atoms with Crippen LogP contribution >= 0.6 is 11.3 Å². The Balaban J connectivity index is 1.88. The fraction of sp³-hybridized carbons (Fsp3) is 0.600. The predicted molar refractivity (Wildman–Crippen MR) is 85.7 cm³/mol. The number of aryl methyl sites for hydroxylation is 2. The van der Waals surface area contributed by atoms with Crippen LogP contribution in [0.5, 0.6) is 5.75 Å². The van der Waals surface area contributed by atoms with Crippen molar-refractivity contribution >= 4 is 11.3 Å². The summed E-state index contributed by atoms with van der Waals surface area (Å²) in [5, 5.41) is 10.9. The largest absolute Gasteiger partial charge is 0.483 e. The van der Waals surface area contributed by atoms with Crippen molar-refractivity contribution in [3.63, 3.8) is 0 Å². The summed E-state index contributed by atoms with van der Waals surface area (Å²) in [4.78, 5) is 4.59. The van der Waals surface area contributed by atoms with Crippen molar-refractivity contribution in [1.82, 2.24) is 20.1 Å². The van der Waals surface area contributed by atoms with Gasteiger partial charge < -0.3 is 10.1 Å². The summed E-state index contributed by atoms with van der Waals surface area (Å²) in [5.41, 5.74) is 2.94. The molecule has 1 N–H and O–H groups in total. The van der Waals surface area contributed by atoms with Crippen LogP contribution in [0.15, 0.2) is 5.38 Å². The van der Waals surface area contributed by atoms with Crippen molar-refractivity contribution in [2.24, 2.45) is 13.0 Å². The molecule has 2 heterocycles. The highest BCUT2D eigenvalue weighted by Crippen LogP contribution is 2.22. The average Bonchev–Trinajstić information content (AvgIpc) is 2.94. The van der Waals surface area contributed by atoms with Gasteiger partial charge in [0.05, 0.1) is 11.4 Å². The van der Waals surface area contributed by atoms with E-state index in [0.29, 0.717) is 12.5 Å². The van der Waals surface area contributed by atoms with Crippen molar-refractivity contribution < 1.29 is 4.74 Å². The van der Waals surface area contributed by atoms with Crippen LogP contribution < -0.4 is 10.1 Å². The summed E-state index contributed by atoms with van der Waals surface area (Å²) < 4.78 is 7.71. The van der Waals surface area contributed by atoms with Gasteiger partial charge in [0.15, 0.2) is 5.75 Å². The van der Waals surface area contributed by atoms with Gasteiger partial charge in [-0.3, -0.25) is 4.68 Å². The lowest BCUT2D eigenvalue weighted by Gasteiger charge is -2.05. The Labute approximate surface area is 130 Å². The van der Waals surface area contributed by atoms with Crippen LogP contribution in [0, 0.1) is 19.8 Å². The summed E-state index contributed by atoms with van der Waals surface area (Å²) in [6, 6.07) is 0. The number of rotatable bonds is 7. The lowest BCUT2D eigenvalue weighted by atomic mass is 10.2. The molecule has 0 fully saturated rings. The molecule has 0 radical (unpaired) electrons. The highest BCUT2D eigenvalue weighted by molar-refractivity contribution is 7.09. The first kappa shape index (κ1) is 16.0. The van der Waals surface area contributed by atoms with Gasteiger partial charge in [-0.1, -0.05) is 13.8 Å². The molecule has 21 heavy (non-hydrogen) atoms. The molecule has 0 spiro atoms. The van der Waals surface area contributed by atoms with Gasteiger partial charge in [-0.25, -0.2) is 4.98 Å². The van der Waals surface area contributed by atoms with Crippen LogP contribution in [0.25, 0.3) is 0 Å². The fourth-order valence-electron chi connectivity index (χ4n) is 2.07. The highest BCUT2D eigenvalue weighted by atomic mass is 32.1. The van der Waals surface area contributed by atoms with Crippen LogP contribution in [0.1, 0.15) is 35.9 Å². The second-order valence-electron chi connectivity index (χ2n) is 5.67. The lowest BCUT2D eigenvalue weighted by Crippen LogP contribution is -2.18. The van der Waals surface area contributed by atoms with Crippen molar-refractivity contribution in [2.75, 3.05) is 6.54 Å². The van der Waals surface area contributed by atoms with E-state index in [9.17, 15) is 0 Å². The molecule has 5 nitrogen and oxygen atoms in total. The number of ether oxygens (including phenoxy) is 1. The molecule has 2 aromatic rings. The Hall–Kier alpha value is -1.40. The molecule has 2 rings (SSSR count). The van der Waals surface area contributed by atoms with Gasteiger partial charge in [-0.15, -0.1) is 11.3 Å². The van der Waals surface area contributed by atoms with Gasteiger partial charge in [-0.05, 0) is 26.3 Å². The monoisotopic (exact) mass is 308 g/mol. The minimum absolute atomic E-state index is 0.494. The summed E-state index contributed by atoms with van der Waals surface area (Å²) in [6.45, 7) is 10.7. The molecule has 2 aromatic heterocycles. The quantitative estimate of drug-likeness (QED) is 0.854. The molecule has 0 saturated carbocycles. The van der Waals surface area contributed by atoms with Gasteiger partial charge >= 0.3 is 0 Å². The lowest BCUT2D eigenvalue weighted by molar-refractivity contribution is 0.297. The molecule has 116 valence electrons. The zero-order valence-electron chi connectivity index (χ0n) is 13.4. The third-order valence-electron chi connectivity index (χ3n) is 3.24. The van der Waals surface area contributed by atoms with Gasteiger partial charge in [0, 0.05) is 19.0 Å². The minimum Gasteiger partial charge on any atom is -0.483 e. The van der Waals surface area contributed by atoms with Crippen molar-refractivity contribution in [2.45, 2.75) is 40.8 Å². The van der Waals surface area contributed by atoms with E-state index in [1.165, 1.54) is 0 Å². The SMILES string of the molecule is Cc1nn(C)c(C)c1OCc1csc(CNCC(C)C)n1. The summed E-state index contributed by atoms with van der Waals surface area (Å²) in [5.74, 6) is 1.52. The number of nitrogens with one attached hydrogen (secondary N) is 1. The second kappa shape index (κ2) is 7.04. The zero-order chi connectivity index (χ0) is 15.4. The summed E-state index contributed by atoms with van der Waals surface area (Å²) in [6.07, 6.45) is 0. The Morgan fingerprint density at radius 2 is 2.14 bits per heavy atom. The highest BCUT2D eigenvalue weighted by Gasteiger charge is 2.11. The molecular weight excluding hydrogens is 284 g/mol. The van der Waals surface area contributed by atoms with Gasteiger partial charge in [0.1, 0.15) is 17.3 Å². The first-order valence-electron chi connectivity index (χ1n) is 7.24. The van der Waals surface area contributed by atoms with Gasteiger partial charge in [0.2, 0.25) is 0 Å². The Bertz CT molecular complexity index is 589.